The Morgan fingerprint density at radius 3 is 2.73 bits per heavy atom. The van der Waals surface area contributed by atoms with Gasteiger partial charge in [-0.3, -0.25) is 9.59 Å². The molecule has 0 bridgehead atoms. The van der Waals surface area contributed by atoms with Gasteiger partial charge in [0.1, 0.15) is 0 Å². The Balaban J connectivity index is 2.05. The van der Waals surface area contributed by atoms with Gasteiger partial charge in [0.25, 0.3) is 5.91 Å². The van der Waals surface area contributed by atoms with E-state index in [2.05, 4.69) is 5.32 Å². The molecule has 1 amide bonds. The summed E-state index contributed by atoms with van der Waals surface area (Å²) >= 11 is 0. The second-order valence-corrected chi connectivity index (χ2v) is 4.80. The summed E-state index contributed by atoms with van der Waals surface area (Å²) < 4.78 is 19.1. The Bertz CT molecular complexity index is 769. The Hall–Kier alpha value is -2.95. The van der Waals surface area contributed by atoms with Crippen LogP contribution in [0, 0.1) is 5.82 Å². The molecule has 0 aromatic heterocycles. The minimum absolute atomic E-state index is 0.00619. The lowest BCUT2D eigenvalue weighted by Crippen LogP contribution is -2.26. The highest BCUT2D eigenvalue weighted by Gasteiger charge is 2.21. The number of anilines is 1. The number of halogens is 1. The molecular formula is C17H12FNO3. The first kappa shape index (κ1) is 14.0. The second kappa shape index (κ2) is 5.81. The predicted molar refractivity (Wildman–Crippen MR) is 80.9 cm³/mol. The predicted octanol–water partition coefficient (Wildman–Crippen LogP) is 2.90. The number of ether oxygens (including phenoxy) is 1. The molecule has 0 aliphatic carbocycles. The minimum Gasteiger partial charge on any atom is -0.478 e. The van der Waals surface area contributed by atoms with E-state index in [-0.39, 0.29) is 24.0 Å². The van der Waals surface area contributed by atoms with Crippen molar-refractivity contribution in [3.05, 3.63) is 59.4 Å². The standard InChI is InChI=1S/C17H12FNO3/c18-14-7-12(8-15-17(14)22-10-16(21)19-15)13(9-20)6-11-4-2-1-3-5-11/h1-9H,10H2,(H,19,21)/b13-6-. The number of carbonyl (C=O) groups is 2. The smallest absolute Gasteiger partial charge is 0.262 e. The zero-order valence-electron chi connectivity index (χ0n) is 11.5. The van der Waals surface area contributed by atoms with E-state index in [0.29, 0.717) is 17.4 Å². The maximum Gasteiger partial charge on any atom is 0.262 e. The molecule has 0 fully saturated rings. The van der Waals surface area contributed by atoms with Crippen LogP contribution >= 0.6 is 0 Å². The number of hydrogen-bond acceptors (Lipinski definition) is 3. The maximum atomic E-state index is 14.1. The van der Waals surface area contributed by atoms with Gasteiger partial charge in [-0.15, -0.1) is 0 Å². The lowest BCUT2D eigenvalue weighted by molar-refractivity contribution is -0.118. The van der Waals surface area contributed by atoms with Crippen LogP contribution in [-0.4, -0.2) is 18.8 Å². The highest BCUT2D eigenvalue weighted by Crippen LogP contribution is 2.34. The summed E-state index contributed by atoms with van der Waals surface area (Å²) in [4.78, 5) is 22.7. The topological polar surface area (TPSA) is 55.4 Å². The summed E-state index contributed by atoms with van der Waals surface area (Å²) in [6.07, 6.45) is 2.30. The van der Waals surface area contributed by atoms with E-state index < -0.39 is 5.82 Å². The molecule has 22 heavy (non-hydrogen) atoms. The molecule has 0 saturated carbocycles. The Kier molecular flexibility index (Phi) is 3.70. The van der Waals surface area contributed by atoms with Gasteiger partial charge in [0.05, 0.1) is 5.69 Å². The van der Waals surface area contributed by atoms with E-state index in [1.54, 1.807) is 6.08 Å². The van der Waals surface area contributed by atoms with Crippen LogP contribution in [0.25, 0.3) is 11.6 Å². The van der Waals surface area contributed by atoms with Crippen molar-refractivity contribution in [3.63, 3.8) is 0 Å². The highest BCUT2D eigenvalue weighted by molar-refractivity contribution is 6.14. The van der Waals surface area contributed by atoms with Gasteiger partial charge >= 0.3 is 0 Å². The largest absolute Gasteiger partial charge is 0.478 e. The number of allylic oxidation sites excluding steroid dienone is 1. The monoisotopic (exact) mass is 297 g/mol. The van der Waals surface area contributed by atoms with Crippen molar-refractivity contribution in [2.45, 2.75) is 0 Å². The third-order valence-corrected chi connectivity index (χ3v) is 3.25. The number of carbonyl (C=O) groups excluding carboxylic acids is 2. The molecule has 4 nitrogen and oxygen atoms in total. The highest BCUT2D eigenvalue weighted by atomic mass is 19.1. The molecular weight excluding hydrogens is 285 g/mol. The molecule has 2 aromatic rings. The van der Waals surface area contributed by atoms with Gasteiger partial charge in [-0.2, -0.15) is 0 Å². The number of hydrogen-bond donors (Lipinski definition) is 1. The molecule has 0 unspecified atom stereocenters. The van der Waals surface area contributed by atoms with Crippen molar-refractivity contribution in [2.24, 2.45) is 0 Å². The molecule has 3 rings (SSSR count). The van der Waals surface area contributed by atoms with Crippen LogP contribution < -0.4 is 10.1 Å². The van der Waals surface area contributed by atoms with E-state index in [1.165, 1.54) is 12.1 Å². The summed E-state index contributed by atoms with van der Waals surface area (Å²) in [6, 6.07) is 12.0. The fourth-order valence-corrected chi connectivity index (χ4v) is 2.24. The molecule has 2 aromatic carbocycles. The number of aldehydes is 1. The number of benzene rings is 2. The number of rotatable bonds is 3. The van der Waals surface area contributed by atoms with Crippen LogP contribution in [-0.2, 0) is 9.59 Å². The SMILES string of the molecule is O=C/C(=C/c1ccccc1)c1cc(F)c2c(c1)NC(=O)CO2. The average molecular weight is 297 g/mol. The van der Waals surface area contributed by atoms with Crippen LogP contribution in [0.5, 0.6) is 5.75 Å². The fourth-order valence-electron chi connectivity index (χ4n) is 2.24. The lowest BCUT2D eigenvalue weighted by atomic mass is 10.0. The van der Waals surface area contributed by atoms with Crippen molar-refractivity contribution in [3.8, 4) is 5.75 Å². The average Bonchev–Trinajstić information content (AvgIpc) is 2.53. The quantitative estimate of drug-likeness (QED) is 0.538. The normalized spacial score (nSPS) is 13.9. The zero-order chi connectivity index (χ0) is 15.5. The third-order valence-electron chi connectivity index (χ3n) is 3.25. The summed E-state index contributed by atoms with van der Waals surface area (Å²) in [6.45, 7) is -0.219. The summed E-state index contributed by atoms with van der Waals surface area (Å²) in [5.41, 5.74) is 1.74. The molecule has 1 aliphatic heterocycles. The summed E-state index contributed by atoms with van der Waals surface area (Å²) in [5.74, 6) is -0.981. The molecule has 0 spiro atoms. The van der Waals surface area contributed by atoms with Gasteiger partial charge in [-0.05, 0) is 29.3 Å². The Labute approximate surface area is 126 Å². The van der Waals surface area contributed by atoms with Gasteiger partial charge in [0.15, 0.2) is 24.5 Å². The van der Waals surface area contributed by atoms with Crippen molar-refractivity contribution in [1.29, 1.82) is 0 Å². The van der Waals surface area contributed by atoms with Crippen LogP contribution in [0.4, 0.5) is 10.1 Å². The second-order valence-electron chi connectivity index (χ2n) is 4.80. The molecule has 110 valence electrons. The third kappa shape index (κ3) is 2.74. The molecule has 0 radical (unpaired) electrons. The number of fused-ring (bicyclic) bond motifs is 1. The van der Waals surface area contributed by atoms with E-state index in [0.717, 1.165) is 5.56 Å². The molecule has 5 heteroatoms. The van der Waals surface area contributed by atoms with Gasteiger partial charge < -0.3 is 10.1 Å². The summed E-state index contributed by atoms with van der Waals surface area (Å²) in [7, 11) is 0. The summed E-state index contributed by atoms with van der Waals surface area (Å²) in [5, 5.41) is 2.54. The lowest BCUT2D eigenvalue weighted by Gasteiger charge is -2.19. The fraction of sp³-hybridized carbons (Fsp3) is 0.0588. The van der Waals surface area contributed by atoms with Gasteiger partial charge in [-0.1, -0.05) is 30.3 Å². The molecule has 0 saturated heterocycles. The van der Waals surface area contributed by atoms with Crippen molar-refractivity contribution in [2.75, 3.05) is 11.9 Å². The van der Waals surface area contributed by atoms with Crippen LogP contribution in [0.3, 0.4) is 0 Å². The van der Waals surface area contributed by atoms with Gasteiger partial charge in [0, 0.05) is 5.57 Å². The van der Waals surface area contributed by atoms with Crippen molar-refractivity contribution in [1.82, 2.24) is 0 Å². The van der Waals surface area contributed by atoms with Crippen LogP contribution in [0.1, 0.15) is 11.1 Å². The Morgan fingerprint density at radius 1 is 1.23 bits per heavy atom. The first-order chi connectivity index (χ1) is 10.7. The first-order valence-electron chi connectivity index (χ1n) is 6.66. The van der Waals surface area contributed by atoms with Crippen molar-refractivity contribution >= 4 is 29.5 Å². The van der Waals surface area contributed by atoms with Crippen molar-refractivity contribution < 1.29 is 18.7 Å². The molecule has 0 atom stereocenters. The number of amides is 1. The number of nitrogens with one attached hydrogen (secondary N) is 1. The van der Waals surface area contributed by atoms with E-state index >= 15 is 0 Å². The maximum absolute atomic E-state index is 14.1. The molecule has 1 N–H and O–H groups in total. The molecule has 1 aliphatic rings. The Morgan fingerprint density at radius 2 is 2.00 bits per heavy atom. The minimum atomic E-state index is -0.617. The van der Waals surface area contributed by atoms with Crippen LogP contribution in [0.2, 0.25) is 0 Å². The van der Waals surface area contributed by atoms with Crippen LogP contribution in [0.15, 0.2) is 42.5 Å². The first-order valence-corrected chi connectivity index (χ1v) is 6.66. The van der Waals surface area contributed by atoms with E-state index in [9.17, 15) is 14.0 Å². The van der Waals surface area contributed by atoms with E-state index in [4.69, 9.17) is 4.74 Å². The van der Waals surface area contributed by atoms with Gasteiger partial charge in [-0.25, -0.2) is 4.39 Å². The zero-order valence-corrected chi connectivity index (χ0v) is 11.5. The van der Waals surface area contributed by atoms with E-state index in [1.807, 2.05) is 30.3 Å². The molecule has 1 heterocycles. The van der Waals surface area contributed by atoms with Gasteiger partial charge in [0.2, 0.25) is 0 Å².